The van der Waals surface area contributed by atoms with Gasteiger partial charge < -0.3 is 24.1 Å². The van der Waals surface area contributed by atoms with Crippen molar-refractivity contribution in [3.8, 4) is 6.07 Å². The summed E-state index contributed by atoms with van der Waals surface area (Å²) in [5.41, 5.74) is -0.500. The maximum atomic E-state index is 10.5. The van der Waals surface area contributed by atoms with Gasteiger partial charge in [0.15, 0.2) is 0 Å². The molecule has 128 valence electrons. The van der Waals surface area contributed by atoms with Crippen LogP contribution in [0.3, 0.4) is 0 Å². The number of nitrogens with zero attached hydrogens (tertiary/aromatic N) is 1. The normalized spacial score (nSPS) is 11.3. The van der Waals surface area contributed by atoms with E-state index in [1.165, 1.54) is 0 Å². The molecule has 7 heteroatoms. The molecule has 0 bridgehead atoms. The molecule has 0 aliphatic heterocycles. The van der Waals surface area contributed by atoms with Gasteiger partial charge in [0, 0.05) is 13.2 Å². The van der Waals surface area contributed by atoms with Crippen LogP contribution in [0.25, 0.3) is 0 Å². The van der Waals surface area contributed by atoms with Gasteiger partial charge in [-0.05, 0) is 13.8 Å². The number of nitriles is 1. The Bertz CT molecular complexity index is 320. The average molecular weight is 317 g/mol. The highest BCUT2D eigenvalue weighted by Gasteiger charge is 2.32. The standard InChI is InChI=1S/C15H27NO6/c1-3-19-10-15(11-20-4-2,12-21-8-5-7-16)13-22-9-6-14(17)18/h3-6,8-13H2,1-2H3,(H,17,18). The van der Waals surface area contributed by atoms with Gasteiger partial charge in [0.05, 0.1) is 64.0 Å². The van der Waals surface area contributed by atoms with Crippen LogP contribution >= 0.6 is 0 Å². The van der Waals surface area contributed by atoms with Crippen molar-refractivity contribution >= 4 is 5.97 Å². The topological polar surface area (TPSA) is 98.0 Å². The van der Waals surface area contributed by atoms with Crippen LogP contribution in [-0.4, -0.2) is 63.9 Å². The summed E-state index contributed by atoms with van der Waals surface area (Å²) >= 11 is 0. The molecule has 0 atom stereocenters. The van der Waals surface area contributed by atoms with E-state index in [0.29, 0.717) is 46.1 Å². The first kappa shape index (κ1) is 20.8. The average Bonchev–Trinajstić information content (AvgIpc) is 2.51. The minimum Gasteiger partial charge on any atom is -0.481 e. The fourth-order valence-corrected chi connectivity index (χ4v) is 1.74. The molecule has 0 unspecified atom stereocenters. The van der Waals surface area contributed by atoms with Gasteiger partial charge in [0.1, 0.15) is 0 Å². The van der Waals surface area contributed by atoms with Crippen molar-refractivity contribution in [1.82, 2.24) is 0 Å². The Hall–Kier alpha value is -1.20. The second-order valence-electron chi connectivity index (χ2n) is 4.93. The van der Waals surface area contributed by atoms with E-state index in [9.17, 15) is 4.79 Å². The monoisotopic (exact) mass is 317 g/mol. The third-order valence-corrected chi connectivity index (χ3v) is 2.86. The molecule has 0 aromatic rings. The summed E-state index contributed by atoms with van der Waals surface area (Å²) in [5.74, 6) is -0.898. The lowest BCUT2D eigenvalue weighted by Gasteiger charge is -2.32. The van der Waals surface area contributed by atoms with Crippen LogP contribution in [-0.2, 0) is 23.7 Å². The van der Waals surface area contributed by atoms with Gasteiger partial charge in [0.25, 0.3) is 0 Å². The maximum Gasteiger partial charge on any atom is 0.305 e. The van der Waals surface area contributed by atoms with Crippen molar-refractivity contribution in [3.05, 3.63) is 0 Å². The molecule has 0 spiro atoms. The zero-order valence-corrected chi connectivity index (χ0v) is 13.5. The van der Waals surface area contributed by atoms with Crippen LogP contribution in [0.1, 0.15) is 26.7 Å². The summed E-state index contributed by atoms with van der Waals surface area (Å²) in [6.07, 6.45) is 0.272. The number of aliphatic carboxylic acids is 1. The maximum absolute atomic E-state index is 10.5. The molecule has 0 radical (unpaired) electrons. The molecular formula is C15H27NO6. The molecular weight excluding hydrogens is 290 g/mol. The van der Waals surface area contributed by atoms with Crippen molar-refractivity contribution in [2.75, 3.05) is 52.9 Å². The van der Waals surface area contributed by atoms with E-state index in [1.807, 2.05) is 19.9 Å². The summed E-state index contributed by atoms with van der Waals surface area (Å²) in [7, 11) is 0. The Morgan fingerprint density at radius 1 is 1.00 bits per heavy atom. The summed E-state index contributed by atoms with van der Waals surface area (Å²) in [6, 6.07) is 2.02. The van der Waals surface area contributed by atoms with Gasteiger partial charge in [0.2, 0.25) is 0 Å². The largest absolute Gasteiger partial charge is 0.481 e. The molecule has 0 aliphatic rings. The fourth-order valence-electron chi connectivity index (χ4n) is 1.74. The predicted molar refractivity (Wildman–Crippen MR) is 79.5 cm³/mol. The molecule has 0 saturated heterocycles. The van der Waals surface area contributed by atoms with Crippen LogP contribution in [0, 0.1) is 16.7 Å². The molecule has 0 aromatic carbocycles. The van der Waals surface area contributed by atoms with E-state index in [-0.39, 0.29) is 19.6 Å². The molecule has 0 rings (SSSR count). The van der Waals surface area contributed by atoms with Crippen LogP contribution in [0.4, 0.5) is 0 Å². The molecule has 7 nitrogen and oxygen atoms in total. The first-order valence-corrected chi connectivity index (χ1v) is 7.50. The summed E-state index contributed by atoms with van der Waals surface area (Å²) < 4.78 is 22.0. The molecule has 0 heterocycles. The van der Waals surface area contributed by atoms with E-state index in [0.717, 1.165) is 0 Å². The van der Waals surface area contributed by atoms with Gasteiger partial charge in [-0.25, -0.2) is 0 Å². The molecule has 22 heavy (non-hydrogen) atoms. The van der Waals surface area contributed by atoms with Crippen LogP contribution < -0.4 is 0 Å². The Balaban J connectivity index is 4.54. The number of carbonyl (C=O) groups is 1. The van der Waals surface area contributed by atoms with Gasteiger partial charge in [-0.15, -0.1) is 0 Å². The summed E-state index contributed by atoms with van der Waals surface area (Å²) in [5, 5.41) is 17.2. The lowest BCUT2D eigenvalue weighted by molar-refractivity contribution is -0.139. The third kappa shape index (κ3) is 10.5. The van der Waals surface area contributed by atoms with Crippen molar-refractivity contribution in [3.63, 3.8) is 0 Å². The highest BCUT2D eigenvalue weighted by Crippen LogP contribution is 2.21. The quantitative estimate of drug-likeness (QED) is 0.457. The van der Waals surface area contributed by atoms with Crippen LogP contribution in [0.5, 0.6) is 0 Å². The molecule has 0 aromatic heterocycles. The number of carboxylic acid groups (broad SMARTS) is 1. The Kier molecular flexibility index (Phi) is 12.7. The first-order chi connectivity index (χ1) is 10.6. The highest BCUT2D eigenvalue weighted by atomic mass is 16.5. The van der Waals surface area contributed by atoms with Gasteiger partial charge in [-0.3, -0.25) is 4.79 Å². The third-order valence-electron chi connectivity index (χ3n) is 2.86. The molecule has 0 aliphatic carbocycles. The fraction of sp³-hybridized carbons (Fsp3) is 0.867. The summed E-state index contributed by atoms with van der Waals surface area (Å²) in [4.78, 5) is 10.5. The van der Waals surface area contributed by atoms with E-state index in [1.54, 1.807) is 0 Å². The van der Waals surface area contributed by atoms with Gasteiger partial charge in [-0.2, -0.15) is 5.26 Å². The Morgan fingerprint density at radius 2 is 1.50 bits per heavy atom. The number of hydrogen-bond acceptors (Lipinski definition) is 6. The van der Waals surface area contributed by atoms with Gasteiger partial charge >= 0.3 is 5.97 Å². The zero-order chi connectivity index (χ0) is 16.7. The number of hydrogen-bond donors (Lipinski definition) is 1. The number of rotatable bonds is 15. The zero-order valence-electron chi connectivity index (χ0n) is 13.5. The lowest BCUT2D eigenvalue weighted by Crippen LogP contribution is -2.42. The van der Waals surface area contributed by atoms with E-state index in [2.05, 4.69) is 0 Å². The Morgan fingerprint density at radius 3 is 1.95 bits per heavy atom. The molecule has 0 amide bonds. The molecule has 1 N–H and O–H groups in total. The number of carboxylic acids is 1. The van der Waals surface area contributed by atoms with E-state index < -0.39 is 11.4 Å². The predicted octanol–water partition coefficient (Wildman–Crippen LogP) is 1.47. The van der Waals surface area contributed by atoms with E-state index >= 15 is 0 Å². The second kappa shape index (κ2) is 13.5. The van der Waals surface area contributed by atoms with Crippen LogP contribution in [0.2, 0.25) is 0 Å². The van der Waals surface area contributed by atoms with Gasteiger partial charge in [-0.1, -0.05) is 0 Å². The minimum absolute atomic E-state index is 0.0470. The minimum atomic E-state index is -0.898. The van der Waals surface area contributed by atoms with Crippen molar-refractivity contribution in [1.29, 1.82) is 5.26 Å². The van der Waals surface area contributed by atoms with Crippen molar-refractivity contribution in [2.45, 2.75) is 26.7 Å². The van der Waals surface area contributed by atoms with E-state index in [4.69, 9.17) is 29.3 Å². The smallest absolute Gasteiger partial charge is 0.305 e. The van der Waals surface area contributed by atoms with Crippen molar-refractivity contribution in [2.24, 2.45) is 5.41 Å². The second-order valence-corrected chi connectivity index (χ2v) is 4.93. The lowest BCUT2D eigenvalue weighted by atomic mass is 9.92. The number of ether oxygens (including phenoxy) is 4. The summed E-state index contributed by atoms with van der Waals surface area (Å²) in [6.45, 7) is 6.78. The van der Waals surface area contributed by atoms with Crippen molar-refractivity contribution < 1.29 is 28.8 Å². The Labute approximate surface area is 132 Å². The molecule has 0 saturated carbocycles. The SMILES string of the molecule is CCOCC(COCC)(COCCC#N)COCCC(=O)O. The first-order valence-electron chi connectivity index (χ1n) is 7.50. The highest BCUT2D eigenvalue weighted by molar-refractivity contribution is 5.66. The molecule has 0 fully saturated rings. The van der Waals surface area contributed by atoms with Crippen LogP contribution in [0.15, 0.2) is 0 Å².